The summed E-state index contributed by atoms with van der Waals surface area (Å²) < 4.78 is 11.0. The van der Waals surface area contributed by atoms with Crippen molar-refractivity contribution < 1.29 is 19.4 Å². The minimum atomic E-state index is -1.04. The highest BCUT2D eigenvalue weighted by Gasteiger charge is 2.16. The fourth-order valence-corrected chi connectivity index (χ4v) is 2.14. The average Bonchev–Trinajstić information content (AvgIpc) is 2.84. The zero-order valence-electron chi connectivity index (χ0n) is 9.89. The van der Waals surface area contributed by atoms with Gasteiger partial charge in [0.2, 0.25) is 0 Å². The molecule has 0 aliphatic carbocycles. The first-order valence-corrected chi connectivity index (χ1v) is 6.32. The van der Waals surface area contributed by atoms with Crippen molar-refractivity contribution in [1.82, 2.24) is 0 Å². The van der Waals surface area contributed by atoms with E-state index in [1.54, 1.807) is 12.1 Å². The maximum Gasteiger partial charge on any atom is 0.339 e. The van der Waals surface area contributed by atoms with Crippen LogP contribution in [0, 0.1) is 0 Å². The fourth-order valence-electron chi connectivity index (χ4n) is 1.97. The SMILES string of the molecule is O=C(O)c1cc(Cl)ccc1OCCC1CCCO1. The Labute approximate surface area is 110 Å². The van der Waals surface area contributed by atoms with Gasteiger partial charge in [0.05, 0.1) is 12.7 Å². The molecule has 1 aliphatic heterocycles. The lowest BCUT2D eigenvalue weighted by Gasteiger charge is -2.12. The number of halogens is 1. The summed E-state index contributed by atoms with van der Waals surface area (Å²) >= 11 is 5.76. The van der Waals surface area contributed by atoms with E-state index in [0.29, 0.717) is 17.4 Å². The Morgan fingerprint density at radius 3 is 3.06 bits per heavy atom. The summed E-state index contributed by atoms with van der Waals surface area (Å²) in [5.74, 6) is -0.686. The molecule has 1 atom stereocenters. The Morgan fingerprint density at radius 1 is 1.56 bits per heavy atom. The zero-order valence-corrected chi connectivity index (χ0v) is 10.7. The average molecular weight is 271 g/mol. The van der Waals surface area contributed by atoms with Gasteiger partial charge in [0, 0.05) is 18.1 Å². The van der Waals surface area contributed by atoms with Crippen molar-refractivity contribution in [2.75, 3.05) is 13.2 Å². The second-order valence-corrected chi connectivity index (χ2v) is 4.65. The number of carboxylic acids is 1. The smallest absolute Gasteiger partial charge is 0.339 e. The first-order valence-electron chi connectivity index (χ1n) is 5.94. The highest BCUT2D eigenvalue weighted by Crippen LogP contribution is 2.24. The van der Waals surface area contributed by atoms with E-state index in [1.807, 2.05) is 0 Å². The Hall–Kier alpha value is -1.26. The van der Waals surface area contributed by atoms with Crippen LogP contribution in [0.2, 0.25) is 5.02 Å². The molecule has 0 bridgehead atoms. The van der Waals surface area contributed by atoms with Crippen molar-refractivity contribution in [3.05, 3.63) is 28.8 Å². The van der Waals surface area contributed by atoms with Crippen LogP contribution < -0.4 is 4.74 Å². The molecule has 5 heteroatoms. The van der Waals surface area contributed by atoms with E-state index in [0.717, 1.165) is 25.9 Å². The molecule has 1 aliphatic rings. The van der Waals surface area contributed by atoms with Gasteiger partial charge in [-0.15, -0.1) is 0 Å². The molecule has 1 heterocycles. The molecule has 1 saturated heterocycles. The second-order valence-electron chi connectivity index (χ2n) is 4.22. The molecular weight excluding hydrogens is 256 g/mol. The van der Waals surface area contributed by atoms with Crippen LogP contribution in [0.3, 0.4) is 0 Å². The molecule has 0 saturated carbocycles. The molecule has 1 aromatic carbocycles. The fraction of sp³-hybridized carbons (Fsp3) is 0.462. The zero-order chi connectivity index (χ0) is 13.0. The Kier molecular flexibility index (Phi) is 4.44. The first-order chi connectivity index (χ1) is 8.66. The lowest BCUT2D eigenvalue weighted by atomic mass is 10.2. The van der Waals surface area contributed by atoms with Gasteiger partial charge in [-0.05, 0) is 31.0 Å². The standard InChI is InChI=1S/C13H15ClO4/c14-9-3-4-12(11(8-9)13(15)16)18-7-5-10-2-1-6-17-10/h3-4,8,10H,1-2,5-7H2,(H,15,16). The Morgan fingerprint density at radius 2 is 2.39 bits per heavy atom. The number of hydrogen-bond acceptors (Lipinski definition) is 3. The van der Waals surface area contributed by atoms with Crippen LogP contribution in [0.25, 0.3) is 0 Å². The second kappa shape index (κ2) is 6.07. The van der Waals surface area contributed by atoms with E-state index in [-0.39, 0.29) is 11.7 Å². The molecule has 0 amide bonds. The van der Waals surface area contributed by atoms with Gasteiger partial charge >= 0.3 is 5.97 Å². The molecule has 2 rings (SSSR count). The summed E-state index contributed by atoms with van der Waals surface area (Å²) in [5.41, 5.74) is 0.0924. The highest BCUT2D eigenvalue weighted by atomic mass is 35.5. The van der Waals surface area contributed by atoms with E-state index < -0.39 is 5.97 Å². The van der Waals surface area contributed by atoms with E-state index >= 15 is 0 Å². The number of hydrogen-bond donors (Lipinski definition) is 1. The van der Waals surface area contributed by atoms with Gasteiger partial charge in [-0.2, -0.15) is 0 Å². The number of rotatable bonds is 5. The van der Waals surface area contributed by atoms with Crippen LogP contribution in [0.1, 0.15) is 29.6 Å². The lowest BCUT2D eigenvalue weighted by Crippen LogP contribution is -2.12. The molecule has 18 heavy (non-hydrogen) atoms. The number of aromatic carboxylic acids is 1. The minimum Gasteiger partial charge on any atom is -0.493 e. The van der Waals surface area contributed by atoms with Crippen LogP contribution in [0.4, 0.5) is 0 Å². The van der Waals surface area contributed by atoms with E-state index in [1.165, 1.54) is 6.07 Å². The third-order valence-electron chi connectivity index (χ3n) is 2.89. The number of ether oxygens (including phenoxy) is 2. The number of benzene rings is 1. The summed E-state index contributed by atoms with van der Waals surface area (Å²) in [6.07, 6.45) is 3.16. The molecule has 0 aromatic heterocycles. The van der Waals surface area contributed by atoms with Crippen molar-refractivity contribution in [3.63, 3.8) is 0 Å². The molecule has 1 aromatic rings. The van der Waals surface area contributed by atoms with Gasteiger partial charge in [-0.3, -0.25) is 0 Å². The van der Waals surface area contributed by atoms with Crippen LogP contribution in [0.15, 0.2) is 18.2 Å². The van der Waals surface area contributed by atoms with E-state index in [9.17, 15) is 4.79 Å². The van der Waals surface area contributed by atoms with Crippen LogP contribution in [-0.2, 0) is 4.74 Å². The predicted octanol–water partition coefficient (Wildman–Crippen LogP) is 2.99. The molecular formula is C13H15ClO4. The third kappa shape index (κ3) is 3.37. The Bertz CT molecular complexity index is 427. The van der Waals surface area contributed by atoms with Crippen molar-refractivity contribution in [1.29, 1.82) is 0 Å². The summed E-state index contributed by atoms with van der Waals surface area (Å²) in [6.45, 7) is 1.26. The molecule has 1 fully saturated rings. The first kappa shape index (κ1) is 13.2. The molecule has 4 nitrogen and oxygen atoms in total. The quantitative estimate of drug-likeness (QED) is 0.894. The van der Waals surface area contributed by atoms with Gasteiger partial charge in [0.1, 0.15) is 11.3 Å². The van der Waals surface area contributed by atoms with Gasteiger partial charge in [-0.1, -0.05) is 11.6 Å². The van der Waals surface area contributed by atoms with Gasteiger partial charge < -0.3 is 14.6 Å². The third-order valence-corrected chi connectivity index (χ3v) is 3.13. The number of carbonyl (C=O) groups is 1. The van der Waals surface area contributed by atoms with Crippen LogP contribution in [-0.4, -0.2) is 30.4 Å². The minimum absolute atomic E-state index is 0.0924. The summed E-state index contributed by atoms with van der Waals surface area (Å²) in [6, 6.07) is 4.60. The predicted molar refractivity (Wildman–Crippen MR) is 67.5 cm³/mol. The van der Waals surface area contributed by atoms with Crippen molar-refractivity contribution in [3.8, 4) is 5.75 Å². The molecule has 98 valence electrons. The van der Waals surface area contributed by atoms with Crippen LogP contribution >= 0.6 is 11.6 Å². The summed E-state index contributed by atoms with van der Waals surface area (Å²) in [5, 5.41) is 9.43. The molecule has 0 spiro atoms. The normalized spacial score (nSPS) is 18.8. The summed E-state index contributed by atoms with van der Waals surface area (Å²) in [7, 11) is 0. The topological polar surface area (TPSA) is 55.8 Å². The van der Waals surface area contributed by atoms with E-state index in [4.69, 9.17) is 26.2 Å². The van der Waals surface area contributed by atoms with Gasteiger partial charge in [-0.25, -0.2) is 4.79 Å². The van der Waals surface area contributed by atoms with Gasteiger partial charge in [0.15, 0.2) is 0 Å². The monoisotopic (exact) mass is 270 g/mol. The van der Waals surface area contributed by atoms with Crippen LogP contribution in [0.5, 0.6) is 5.75 Å². The largest absolute Gasteiger partial charge is 0.493 e. The number of carboxylic acid groups (broad SMARTS) is 1. The maximum atomic E-state index is 11.0. The molecule has 0 radical (unpaired) electrons. The highest BCUT2D eigenvalue weighted by molar-refractivity contribution is 6.31. The Balaban J connectivity index is 1.93. The van der Waals surface area contributed by atoms with Crippen molar-refractivity contribution in [2.24, 2.45) is 0 Å². The van der Waals surface area contributed by atoms with Crippen molar-refractivity contribution in [2.45, 2.75) is 25.4 Å². The van der Waals surface area contributed by atoms with Gasteiger partial charge in [0.25, 0.3) is 0 Å². The molecule has 1 unspecified atom stereocenters. The maximum absolute atomic E-state index is 11.0. The summed E-state index contributed by atoms with van der Waals surface area (Å²) in [4.78, 5) is 11.0. The molecule has 1 N–H and O–H groups in total. The lowest BCUT2D eigenvalue weighted by molar-refractivity contribution is 0.0689. The van der Waals surface area contributed by atoms with E-state index in [2.05, 4.69) is 0 Å². The van der Waals surface area contributed by atoms with Crippen molar-refractivity contribution >= 4 is 17.6 Å².